The highest BCUT2D eigenvalue weighted by Gasteiger charge is 2.19. The standard InChI is InChI=1S/C20H21N3O3/c1-4-14-7-5-6-8-15(14)19-17(11-24)23-20(26-19)16-9-18(22-13(3)25)21-10-12(16)2/h5-10,24H,4,11H2,1-3H3,(H,21,22,25). The number of aromatic nitrogens is 2. The molecule has 0 aliphatic rings. The fraction of sp³-hybridized carbons (Fsp3) is 0.250. The number of carbonyl (C=O) groups excluding carboxylic acids is 1. The number of aryl methyl sites for hydroxylation is 2. The largest absolute Gasteiger partial charge is 0.436 e. The number of amides is 1. The summed E-state index contributed by atoms with van der Waals surface area (Å²) in [6.45, 7) is 5.17. The number of benzene rings is 1. The van der Waals surface area contributed by atoms with Gasteiger partial charge in [-0.1, -0.05) is 31.2 Å². The highest BCUT2D eigenvalue weighted by molar-refractivity contribution is 5.88. The van der Waals surface area contributed by atoms with Gasteiger partial charge in [-0.25, -0.2) is 9.97 Å². The van der Waals surface area contributed by atoms with Gasteiger partial charge in [0.1, 0.15) is 11.5 Å². The van der Waals surface area contributed by atoms with Crippen LogP contribution in [0.4, 0.5) is 5.82 Å². The van der Waals surface area contributed by atoms with Gasteiger partial charge in [0.15, 0.2) is 5.76 Å². The number of nitrogens with zero attached hydrogens (tertiary/aromatic N) is 2. The molecule has 134 valence electrons. The molecule has 6 heteroatoms. The lowest BCUT2D eigenvalue weighted by Gasteiger charge is -2.06. The lowest BCUT2D eigenvalue weighted by atomic mass is 10.0. The number of rotatable bonds is 5. The Morgan fingerprint density at radius 3 is 2.73 bits per heavy atom. The number of carbonyl (C=O) groups is 1. The topological polar surface area (TPSA) is 88.3 Å². The smallest absolute Gasteiger partial charge is 0.227 e. The van der Waals surface area contributed by atoms with Gasteiger partial charge in [-0.3, -0.25) is 4.79 Å². The van der Waals surface area contributed by atoms with Gasteiger partial charge in [-0.2, -0.15) is 0 Å². The summed E-state index contributed by atoms with van der Waals surface area (Å²) in [4.78, 5) is 19.9. The average molecular weight is 351 g/mol. The van der Waals surface area contributed by atoms with Gasteiger partial charge in [0.05, 0.1) is 6.61 Å². The van der Waals surface area contributed by atoms with E-state index in [4.69, 9.17) is 4.42 Å². The van der Waals surface area contributed by atoms with Gasteiger partial charge in [0, 0.05) is 24.2 Å². The van der Waals surface area contributed by atoms with Crippen LogP contribution in [0.25, 0.3) is 22.8 Å². The van der Waals surface area contributed by atoms with Crippen molar-refractivity contribution in [2.75, 3.05) is 5.32 Å². The molecule has 0 atom stereocenters. The first-order chi connectivity index (χ1) is 12.5. The van der Waals surface area contributed by atoms with E-state index in [1.165, 1.54) is 6.92 Å². The van der Waals surface area contributed by atoms with Gasteiger partial charge in [-0.15, -0.1) is 0 Å². The molecular weight excluding hydrogens is 330 g/mol. The number of hydrogen-bond donors (Lipinski definition) is 2. The predicted molar refractivity (Wildman–Crippen MR) is 99.5 cm³/mol. The van der Waals surface area contributed by atoms with Crippen LogP contribution in [0.3, 0.4) is 0 Å². The molecule has 1 aromatic carbocycles. The molecule has 0 fully saturated rings. The quantitative estimate of drug-likeness (QED) is 0.731. The van der Waals surface area contributed by atoms with E-state index >= 15 is 0 Å². The third-order valence-corrected chi connectivity index (χ3v) is 4.13. The summed E-state index contributed by atoms with van der Waals surface area (Å²) < 4.78 is 6.05. The van der Waals surface area contributed by atoms with E-state index < -0.39 is 0 Å². The van der Waals surface area contributed by atoms with Crippen molar-refractivity contribution in [3.63, 3.8) is 0 Å². The lowest BCUT2D eigenvalue weighted by molar-refractivity contribution is -0.114. The molecule has 0 saturated heterocycles. The zero-order chi connectivity index (χ0) is 18.7. The molecule has 3 aromatic rings. The highest BCUT2D eigenvalue weighted by Crippen LogP contribution is 2.33. The molecule has 6 nitrogen and oxygen atoms in total. The molecule has 0 bridgehead atoms. The lowest BCUT2D eigenvalue weighted by Crippen LogP contribution is -2.07. The van der Waals surface area contributed by atoms with Gasteiger partial charge in [0.25, 0.3) is 0 Å². The molecule has 0 unspecified atom stereocenters. The van der Waals surface area contributed by atoms with Crippen molar-refractivity contribution in [1.29, 1.82) is 0 Å². The first-order valence-corrected chi connectivity index (χ1v) is 8.47. The maximum Gasteiger partial charge on any atom is 0.227 e. The first-order valence-electron chi connectivity index (χ1n) is 8.47. The van der Waals surface area contributed by atoms with Crippen LogP contribution < -0.4 is 5.32 Å². The van der Waals surface area contributed by atoms with Crippen molar-refractivity contribution in [3.05, 3.63) is 53.3 Å². The fourth-order valence-electron chi connectivity index (χ4n) is 2.84. The zero-order valence-corrected chi connectivity index (χ0v) is 15.0. The van der Waals surface area contributed by atoms with Crippen LogP contribution >= 0.6 is 0 Å². The Balaban J connectivity index is 2.11. The van der Waals surface area contributed by atoms with E-state index in [2.05, 4.69) is 22.2 Å². The van der Waals surface area contributed by atoms with E-state index in [-0.39, 0.29) is 12.5 Å². The molecular formula is C20H21N3O3. The van der Waals surface area contributed by atoms with Crippen LogP contribution in [0.15, 0.2) is 40.9 Å². The van der Waals surface area contributed by atoms with Crippen LogP contribution in [-0.2, 0) is 17.8 Å². The number of aliphatic hydroxyl groups is 1. The van der Waals surface area contributed by atoms with E-state index in [0.717, 1.165) is 28.7 Å². The number of pyridine rings is 1. The molecule has 0 aliphatic carbocycles. The van der Waals surface area contributed by atoms with Crippen LogP contribution in [0, 0.1) is 6.92 Å². The summed E-state index contributed by atoms with van der Waals surface area (Å²) in [6, 6.07) is 9.63. The van der Waals surface area contributed by atoms with E-state index in [9.17, 15) is 9.90 Å². The molecule has 0 spiro atoms. The van der Waals surface area contributed by atoms with Gasteiger partial charge in [0.2, 0.25) is 11.8 Å². The number of oxazole rings is 1. The Hall–Kier alpha value is -2.99. The summed E-state index contributed by atoms with van der Waals surface area (Å²) in [5.74, 6) is 1.18. The second-order valence-corrected chi connectivity index (χ2v) is 6.03. The molecule has 3 rings (SSSR count). The molecule has 26 heavy (non-hydrogen) atoms. The van der Waals surface area contributed by atoms with Crippen LogP contribution in [0.5, 0.6) is 0 Å². The van der Waals surface area contributed by atoms with Crippen LogP contribution in [0.1, 0.15) is 30.7 Å². The number of nitrogens with one attached hydrogen (secondary N) is 1. The molecule has 2 heterocycles. The number of aliphatic hydroxyl groups excluding tert-OH is 1. The molecule has 1 amide bonds. The Bertz CT molecular complexity index is 947. The summed E-state index contributed by atoms with van der Waals surface area (Å²) in [6.07, 6.45) is 2.50. The second kappa shape index (κ2) is 7.49. The van der Waals surface area contributed by atoms with E-state index in [1.807, 2.05) is 31.2 Å². The third kappa shape index (κ3) is 3.50. The minimum Gasteiger partial charge on any atom is -0.436 e. The van der Waals surface area contributed by atoms with E-state index in [1.54, 1.807) is 12.3 Å². The van der Waals surface area contributed by atoms with Gasteiger partial charge in [-0.05, 0) is 30.5 Å². The maximum absolute atomic E-state index is 11.3. The third-order valence-electron chi connectivity index (χ3n) is 4.13. The minimum absolute atomic E-state index is 0.201. The summed E-state index contributed by atoms with van der Waals surface area (Å²) in [5.41, 5.74) is 4.11. The van der Waals surface area contributed by atoms with Crippen LogP contribution in [0.2, 0.25) is 0 Å². The van der Waals surface area contributed by atoms with Crippen molar-refractivity contribution >= 4 is 11.7 Å². The monoisotopic (exact) mass is 351 g/mol. The number of hydrogen-bond acceptors (Lipinski definition) is 5. The Labute approximate surface area is 151 Å². The van der Waals surface area contributed by atoms with Crippen molar-refractivity contribution in [2.24, 2.45) is 0 Å². The normalized spacial score (nSPS) is 10.8. The predicted octanol–water partition coefficient (Wildman–Crippen LogP) is 3.73. The highest BCUT2D eigenvalue weighted by atomic mass is 16.4. The van der Waals surface area contributed by atoms with Crippen molar-refractivity contribution in [3.8, 4) is 22.8 Å². The molecule has 0 saturated carbocycles. The summed E-state index contributed by atoms with van der Waals surface area (Å²) in [5, 5.41) is 12.4. The molecule has 0 aliphatic heterocycles. The second-order valence-electron chi connectivity index (χ2n) is 6.03. The Kier molecular flexibility index (Phi) is 5.14. The first kappa shape index (κ1) is 17.8. The van der Waals surface area contributed by atoms with Crippen molar-refractivity contribution < 1.29 is 14.3 Å². The SMILES string of the molecule is CCc1ccccc1-c1oc(-c2cc(NC(C)=O)ncc2C)nc1CO. The Morgan fingerprint density at radius 1 is 1.27 bits per heavy atom. The van der Waals surface area contributed by atoms with Gasteiger partial charge >= 0.3 is 0 Å². The van der Waals surface area contributed by atoms with E-state index in [0.29, 0.717) is 23.2 Å². The molecule has 2 N–H and O–H groups in total. The van der Waals surface area contributed by atoms with Crippen molar-refractivity contribution in [2.45, 2.75) is 33.8 Å². The molecule has 0 radical (unpaired) electrons. The van der Waals surface area contributed by atoms with Gasteiger partial charge < -0.3 is 14.8 Å². The fourth-order valence-corrected chi connectivity index (χ4v) is 2.84. The molecule has 2 aromatic heterocycles. The minimum atomic E-state index is -0.223. The Morgan fingerprint density at radius 2 is 2.04 bits per heavy atom. The van der Waals surface area contributed by atoms with Crippen molar-refractivity contribution in [1.82, 2.24) is 9.97 Å². The zero-order valence-electron chi connectivity index (χ0n) is 15.0. The average Bonchev–Trinajstić information content (AvgIpc) is 3.06. The summed E-state index contributed by atoms with van der Waals surface area (Å²) in [7, 11) is 0. The maximum atomic E-state index is 11.3. The van der Waals surface area contributed by atoms with Crippen LogP contribution in [-0.4, -0.2) is 21.0 Å². The summed E-state index contributed by atoms with van der Waals surface area (Å²) >= 11 is 0. The number of anilines is 1.